The molecular formula is C7H9N3. The Hall–Kier alpha value is -1.43. The lowest BCUT2D eigenvalue weighted by molar-refractivity contribution is 1.06. The van der Waals surface area contributed by atoms with Gasteiger partial charge in [0, 0.05) is 12.7 Å². The van der Waals surface area contributed by atoms with E-state index in [1.54, 1.807) is 0 Å². The van der Waals surface area contributed by atoms with Crippen molar-refractivity contribution in [2.75, 3.05) is 11.9 Å². The highest BCUT2D eigenvalue weighted by Crippen LogP contribution is 1.99. The summed E-state index contributed by atoms with van der Waals surface area (Å²) < 4.78 is 0. The Morgan fingerprint density at radius 2 is 2.60 bits per heavy atom. The van der Waals surface area contributed by atoms with E-state index in [0.717, 1.165) is 5.82 Å². The minimum absolute atomic E-state index is 0.541. The highest BCUT2D eigenvalue weighted by molar-refractivity contribution is 5.33. The zero-order chi connectivity index (χ0) is 7.23. The van der Waals surface area contributed by atoms with E-state index in [9.17, 15) is 0 Å². The summed E-state index contributed by atoms with van der Waals surface area (Å²) in [6.07, 6.45) is 2.38. The SMILES string of the molecule is N#CCCNc1ccc[nH]1. The molecule has 0 aliphatic rings. The van der Waals surface area contributed by atoms with Crippen LogP contribution in [0.1, 0.15) is 6.42 Å². The van der Waals surface area contributed by atoms with Crippen LogP contribution in [0.3, 0.4) is 0 Å². The van der Waals surface area contributed by atoms with Gasteiger partial charge in [0.2, 0.25) is 0 Å². The molecule has 1 heterocycles. The summed E-state index contributed by atoms with van der Waals surface area (Å²) in [5.74, 6) is 0.968. The number of hydrogen-bond acceptors (Lipinski definition) is 2. The third-order valence-corrected chi connectivity index (χ3v) is 1.15. The molecule has 0 unspecified atom stereocenters. The van der Waals surface area contributed by atoms with E-state index >= 15 is 0 Å². The molecular weight excluding hydrogens is 126 g/mol. The van der Waals surface area contributed by atoms with Crippen molar-refractivity contribution in [3.63, 3.8) is 0 Å². The van der Waals surface area contributed by atoms with Gasteiger partial charge in [-0.25, -0.2) is 0 Å². The summed E-state index contributed by atoms with van der Waals surface area (Å²) in [4.78, 5) is 2.98. The van der Waals surface area contributed by atoms with Crippen molar-refractivity contribution in [1.29, 1.82) is 5.26 Å². The van der Waals surface area contributed by atoms with Crippen LogP contribution >= 0.6 is 0 Å². The lowest BCUT2D eigenvalue weighted by Gasteiger charge is -1.97. The lowest BCUT2D eigenvalue weighted by Crippen LogP contribution is -1.99. The molecule has 3 heteroatoms. The standard InChI is InChI=1S/C7H9N3/c8-4-2-6-10-7-3-1-5-9-7/h1,3,5,9-10H,2,6H2. The first-order valence-corrected chi connectivity index (χ1v) is 3.17. The second kappa shape index (κ2) is 3.57. The maximum absolute atomic E-state index is 8.19. The van der Waals surface area contributed by atoms with Crippen LogP contribution in [-0.4, -0.2) is 11.5 Å². The topological polar surface area (TPSA) is 51.6 Å². The molecule has 0 bridgehead atoms. The fraction of sp³-hybridized carbons (Fsp3) is 0.286. The van der Waals surface area contributed by atoms with Gasteiger partial charge in [-0.05, 0) is 12.1 Å². The molecule has 0 aliphatic heterocycles. The first kappa shape index (κ1) is 6.69. The minimum atomic E-state index is 0.541. The van der Waals surface area contributed by atoms with Gasteiger partial charge in [0.05, 0.1) is 12.5 Å². The molecule has 0 spiro atoms. The molecule has 0 aromatic carbocycles. The molecule has 10 heavy (non-hydrogen) atoms. The van der Waals surface area contributed by atoms with E-state index in [-0.39, 0.29) is 0 Å². The molecule has 1 aromatic heterocycles. The fourth-order valence-corrected chi connectivity index (χ4v) is 0.693. The van der Waals surface area contributed by atoms with Crippen LogP contribution in [0.25, 0.3) is 0 Å². The molecule has 1 aromatic rings. The number of anilines is 1. The summed E-state index contributed by atoms with van der Waals surface area (Å²) in [5, 5.41) is 11.2. The van der Waals surface area contributed by atoms with Crippen molar-refractivity contribution < 1.29 is 0 Å². The molecule has 0 atom stereocenters. The number of nitriles is 1. The highest BCUT2D eigenvalue weighted by Gasteiger charge is 1.87. The third-order valence-electron chi connectivity index (χ3n) is 1.15. The summed E-state index contributed by atoms with van der Waals surface area (Å²) >= 11 is 0. The van der Waals surface area contributed by atoms with Crippen LogP contribution in [0.15, 0.2) is 18.3 Å². The summed E-state index contributed by atoms with van der Waals surface area (Å²) in [6.45, 7) is 0.705. The van der Waals surface area contributed by atoms with Crippen LogP contribution in [0.2, 0.25) is 0 Å². The van der Waals surface area contributed by atoms with Crippen molar-refractivity contribution in [2.45, 2.75) is 6.42 Å². The molecule has 3 nitrogen and oxygen atoms in total. The van der Waals surface area contributed by atoms with Crippen LogP contribution in [0.4, 0.5) is 5.82 Å². The highest BCUT2D eigenvalue weighted by atomic mass is 15.0. The van der Waals surface area contributed by atoms with E-state index in [1.165, 1.54) is 0 Å². The van der Waals surface area contributed by atoms with Crippen molar-refractivity contribution in [2.24, 2.45) is 0 Å². The Morgan fingerprint density at radius 3 is 3.20 bits per heavy atom. The normalized spacial score (nSPS) is 8.70. The van der Waals surface area contributed by atoms with Gasteiger partial charge in [-0.3, -0.25) is 0 Å². The van der Waals surface area contributed by atoms with Crippen molar-refractivity contribution >= 4 is 5.82 Å². The van der Waals surface area contributed by atoms with Gasteiger partial charge in [0.15, 0.2) is 0 Å². The Balaban J connectivity index is 2.23. The first-order chi connectivity index (χ1) is 4.93. The Morgan fingerprint density at radius 1 is 1.70 bits per heavy atom. The number of aromatic nitrogens is 1. The van der Waals surface area contributed by atoms with Gasteiger partial charge in [-0.1, -0.05) is 0 Å². The number of hydrogen-bond donors (Lipinski definition) is 2. The first-order valence-electron chi connectivity index (χ1n) is 3.17. The van der Waals surface area contributed by atoms with E-state index in [2.05, 4.69) is 16.4 Å². The van der Waals surface area contributed by atoms with Crippen LogP contribution < -0.4 is 5.32 Å². The van der Waals surface area contributed by atoms with Crippen molar-refractivity contribution in [1.82, 2.24) is 4.98 Å². The zero-order valence-electron chi connectivity index (χ0n) is 5.59. The molecule has 0 fully saturated rings. The molecule has 52 valence electrons. The van der Waals surface area contributed by atoms with Gasteiger partial charge < -0.3 is 10.3 Å². The van der Waals surface area contributed by atoms with Gasteiger partial charge >= 0.3 is 0 Å². The largest absolute Gasteiger partial charge is 0.371 e. The Labute approximate surface area is 59.7 Å². The van der Waals surface area contributed by atoms with E-state index in [1.807, 2.05) is 18.3 Å². The third kappa shape index (κ3) is 1.82. The summed E-state index contributed by atoms with van der Waals surface area (Å²) in [6, 6.07) is 5.89. The van der Waals surface area contributed by atoms with Gasteiger partial charge in [0.1, 0.15) is 5.82 Å². The van der Waals surface area contributed by atoms with Crippen LogP contribution in [0.5, 0.6) is 0 Å². The minimum Gasteiger partial charge on any atom is -0.371 e. The molecule has 0 saturated heterocycles. The van der Waals surface area contributed by atoms with Gasteiger partial charge in [-0.2, -0.15) is 5.26 Å². The zero-order valence-corrected chi connectivity index (χ0v) is 5.59. The Kier molecular flexibility index (Phi) is 2.39. The molecule has 0 saturated carbocycles. The second-order valence-corrected chi connectivity index (χ2v) is 1.92. The lowest BCUT2D eigenvalue weighted by atomic mass is 10.4. The maximum atomic E-state index is 8.19. The molecule has 0 aliphatic carbocycles. The number of nitrogens with one attached hydrogen (secondary N) is 2. The van der Waals surface area contributed by atoms with E-state index in [0.29, 0.717) is 13.0 Å². The maximum Gasteiger partial charge on any atom is 0.103 e. The predicted octanol–water partition coefficient (Wildman–Crippen LogP) is 1.34. The van der Waals surface area contributed by atoms with Crippen molar-refractivity contribution in [3.05, 3.63) is 18.3 Å². The molecule has 2 N–H and O–H groups in total. The number of nitrogens with zero attached hydrogens (tertiary/aromatic N) is 1. The average Bonchev–Trinajstić information content (AvgIpc) is 2.41. The number of rotatable bonds is 3. The molecule has 0 amide bonds. The predicted molar refractivity (Wildman–Crippen MR) is 39.5 cm³/mol. The van der Waals surface area contributed by atoms with Crippen molar-refractivity contribution in [3.8, 4) is 6.07 Å². The van der Waals surface area contributed by atoms with Gasteiger partial charge in [0.25, 0.3) is 0 Å². The van der Waals surface area contributed by atoms with Gasteiger partial charge in [-0.15, -0.1) is 0 Å². The number of aromatic amines is 1. The summed E-state index contributed by atoms with van der Waals surface area (Å²) in [5.41, 5.74) is 0. The monoisotopic (exact) mass is 135 g/mol. The van der Waals surface area contributed by atoms with Crippen LogP contribution in [-0.2, 0) is 0 Å². The van der Waals surface area contributed by atoms with E-state index in [4.69, 9.17) is 5.26 Å². The smallest absolute Gasteiger partial charge is 0.103 e. The average molecular weight is 135 g/mol. The molecule has 0 radical (unpaired) electrons. The second-order valence-electron chi connectivity index (χ2n) is 1.92. The quantitative estimate of drug-likeness (QED) is 0.614. The fourth-order valence-electron chi connectivity index (χ4n) is 0.693. The van der Waals surface area contributed by atoms with E-state index < -0.39 is 0 Å². The molecule has 1 rings (SSSR count). The summed E-state index contributed by atoms with van der Waals surface area (Å²) in [7, 11) is 0. The number of H-pyrrole nitrogens is 1. The van der Waals surface area contributed by atoms with Crippen LogP contribution in [0, 0.1) is 11.3 Å². The Bertz CT molecular complexity index is 207.